The molecule has 2 aromatic heterocycles. The van der Waals surface area contributed by atoms with E-state index in [0.717, 1.165) is 9.58 Å². The van der Waals surface area contributed by atoms with E-state index in [2.05, 4.69) is 4.98 Å². The molecular weight excluding hydrogens is 500 g/mol. The van der Waals surface area contributed by atoms with Crippen molar-refractivity contribution < 1.29 is 28.9 Å². The van der Waals surface area contributed by atoms with Crippen molar-refractivity contribution >= 4 is 55.5 Å². The Hall–Kier alpha value is -3.89. The van der Waals surface area contributed by atoms with Crippen molar-refractivity contribution in [3.8, 4) is 17.2 Å². The lowest BCUT2D eigenvalue weighted by molar-refractivity contribution is -0.132. The van der Waals surface area contributed by atoms with Crippen LogP contribution in [-0.2, 0) is 9.59 Å². The Bertz CT molecular complexity index is 1520. The highest BCUT2D eigenvalue weighted by Gasteiger charge is 2.48. The Morgan fingerprint density at radius 3 is 2.75 bits per heavy atom. The van der Waals surface area contributed by atoms with Gasteiger partial charge in [0, 0.05) is 10.4 Å². The molecule has 8 nitrogen and oxygen atoms in total. The number of rotatable bonds is 5. The second-order valence-corrected chi connectivity index (χ2v) is 10.1. The highest BCUT2D eigenvalue weighted by atomic mass is 32.1. The van der Waals surface area contributed by atoms with Crippen LogP contribution in [-0.4, -0.2) is 41.6 Å². The molecule has 4 heterocycles. The molecule has 182 valence electrons. The molecule has 10 heteroatoms. The normalized spacial score (nSPS) is 18.7. The van der Waals surface area contributed by atoms with Gasteiger partial charge in [-0.1, -0.05) is 17.4 Å². The van der Waals surface area contributed by atoms with Gasteiger partial charge >= 0.3 is 5.91 Å². The number of thiophene rings is 1. The summed E-state index contributed by atoms with van der Waals surface area (Å²) in [5, 5.41) is 13.6. The Labute approximate surface area is 214 Å². The first-order valence-electron chi connectivity index (χ1n) is 11.3. The minimum atomic E-state index is -0.815. The van der Waals surface area contributed by atoms with E-state index >= 15 is 0 Å². The summed E-state index contributed by atoms with van der Waals surface area (Å²) in [4.78, 5) is 33.5. The fourth-order valence-corrected chi connectivity index (χ4v) is 6.19. The van der Waals surface area contributed by atoms with Crippen LogP contribution < -0.4 is 19.1 Å². The van der Waals surface area contributed by atoms with Crippen molar-refractivity contribution in [3.63, 3.8) is 0 Å². The molecule has 36 heavy (non-hydrogen) atoms. The number of hydrogen-bond donors (Lipinski definition) is 1. The zero-order valence-electron chi connectivity index (χ0n) is 19.1. The second kappa shape index (κ2) is 8.96. The Morgan fingerprint density at radius 1 is 1.14 bits per heavy atom. The van der Waals surface area contributed by atoms with Crippen molar-refractivity contribution in [2.24, 2.45) is 0 Å². The molecule has 1 fully saturated rings. The van der Waals surface area contributed by atoms with Gasteiger partial charge in [0.1, 0.15) is 30.8 Å². The van der Waals surface area contributed by atoms with Crippen LogP contribution in [0.2, 0.25) is 0 Å². The summed E-state index contributed by atoms with van der Waals surface area (Å²) in [6.45, 7) is 3.27. The molecule has 0 spiro atoms. The number of anilines is 1. The number of Topliss-reactive ketones (excluding diaryl/α,β-unsaturated/α-hetero) is 1. The summed E-state index contributed by atoms with van der Waals surface area (Å²) in [5.74, 6) is -0.0364. The fraction of sp³-hybridized carbons (Fsp3) is 0.192. The number of ketones is 1. The summed E-state index contributed by atoms with van der Waals surface area (Å²) < 4.78 is 17.6. The van der Waals surface area contributed by atoms with Gasteiger partial charge in [-0.15, -0.1) is 11.3 Å². The Morgan fingerprint density at radius 2 is 1.97 bits per heavy atom. The molecule has 1 atom stereocenters. The maximum atomic E-state index is 13.4. The van der Waals surface area contributed by atoms with Crippen LogP contribution in [0, 0.1) is 0 Å². The SMILES string of the molecule is CCOc1ccc2nc(N3C(=O)C(=O)C(=C(O)c4ccc5c(c4)OCCO5)[C@@H]3c3cccs3)sc2c1. The van der Waals surface area contributed by atoms with Crippen LogP contribution >= 0.6 is 22.7 Å². The van der Waals surface area contributed by atoms with E-state index in [1.54, 1.807) is 18.2 Å². The average molecular weight is 521 g/mol. The molecule has 0 saturated carbocycles. The van der Waals surface area contributed by atoms with Gasteiger partial charge in [0.25, 0.3) is 5.78 Å². The largest absolute Gasteiger partial charge is 0.507 e. The maximum absolute atomic E-state index is 13.4. The van der Waals surface area contributed by atoms with Gasteiger partial charge in [0.2, 0.25) is 0 Å². The number of carbonyl (C=O) groups is 2. The topological polar surface area (TPSA) is 98.2 Å². The maximum Gasteiger partial charge on any atom is 0.301 e. The number of benzene rings is 2. The number of carbonyl (C=O) groups excluding carboxylic acids is 2. The number of amides is 1. The van der Waals surface area contributed by atoms with Crippen LogP contribution in [0.25, 0.3) is 16.0 Å². The minimum Gasteiger partial charge on any atom is -0.507 e. The van der Waals surface area contributed by atoms with Crippen LogP contribution in [0.15, 0.2) is 59.5 Å². The number of nitrogens with zero attached hydrogens (tertiary/aromatic N) is 2. The van der Waals surface area contributed by atoms with E-state index in [0.29, 0.717) is 53.3 Å². The quantitative estimate of drug-likeness (QED) is 0.221. The molecule has 6 rings (SSSR count). The third-order valence-electron chi connectivity index (χ3n) is 5.94. The monoisotopic (exact) mass is 520 g/mol. The molecule has 0 aliphatic carbocycles. The summed E-state index contributed by atoms with van der Waals surface area (Å²) in [7, 11) is 0. The van der Waals surface area contributed by atoms with Crippen LogP contribution in [0.1, 0.15) is 23.4 Å². The third-order valence-corrected chi connectivity index (χ3v) is 7.88. The number of aromatic nitrogens is 1. The van der Waals surface area contributed by atoms with E-state index < -0.39 is 17.7 Å². The number of aliphatic hydroxyl groups is 1. The van der Waals surface area contributed by atoms with Gasteiger partial charge in [-0.05, 0) is 54.8 Å². The molecule has 4 aromatic rings. The summed E-state index contributed by atoms with van der Waals surface area (Å²) >= 11 is 2.69. The molecule has 2 aliphatic heterocycles. The minimum absolute atomic E-state index is 0.00777. The van der Waals surface area contributed by atoms with Crippen molar-refractivity contribution in [2.75, 3.05) is 24.7 Å². The number of ether oxygens (including phenoxy) is 3. The zero-order chi connectivity index (χ0) is 24.8. The molecule has 1 N–H and O–H groups in total. The third kappa shape index (κ3) is 3.69. The smallest absolute Gasteiger partial charge is 0.301 e. The van der Waals surface area contributed by atoms with Gasteiger partial charge in [0.05, 0.1) is 22.4 Å². The summed E-state index contributed by atoms with van der Waals surface area (Å²) in [6.07, 6.45) is 0. The van der Waals surface area contributed by atoms with E-state index in [1.807, 2.05) is 42.6 Å². The molecular formula is C26H20N2O6S2. The van der Waals surface area contributed by atoms with Gasteiger partial charge in [-0.25, -0.2) is 4.98 Å². The molecule has 0 radical (unpaired) electrons. The second-order valence-electron chi connectivity index (χ2n) is 8.10. The summed E-state index contributed by atoms with van der Waals surface area (Å²) in [6, 6.07) is 13.3. The predicted molar refractivity (Wildman–Crippen MR) is 137 cm³/mol. The molecule has 2 aromatic carbocycles. The molecule has 0 unspecified atom stereocenters. The van der Waals surface area contributed by atoms with Crippen LogP contribution in [0.3, 0.4) is 0 Å². The van der Waals surface area contributed by atoms with Gasteiger partial charge in [-0.2, -0.15) is 0 Å². The van der Waals surface area contributed by atoms with Crippen LogP contribution in [0.4, 0.5) is 5.13 Å². The lowest BCUT2D eigenvalue weighted by atomic mass is 9.99. The van der Waals surface area contributed by atoms with Crippen molar-refractivity contribution in [2.45, 2.75) is 13.0 Å². The lowest BCUT2D eigenvalue weighted by Gasteiger charge is -2.22. The predicted octanol–water partition coefficient (Wildman–Crippen LogP) is 5.15. The van der Waals surface area contributed by atoms with E-state index in [9.17, 15) is 14.7 Å². The first kappa shape index (κ1) is 22.6. The number of hydrogen-bond acceptors (Lipinski definition) is 9. The number of aliphatic hydroxyl groups excluding tert-OH is 1. The molecule has 0 bridgehead atoms. The van der Waals surface area contributed by atoms with Gasteiger partial charge in [-0.3, -0.25) is 14.5 Å². The summed E-state index contributed by atoms with van der Waals surface area (Å²) in [5.41, 5.74) is 1.06. The zero-order valence-corrected chi connectivity index (χ0v) is 20.7. The van der Waals surface area contributed by atoms with Crippen molar-refractivity contribution in [1.29, 1.82) is 0 Å². The molecule has 2 aliphatic rings. The fourth-order valence-electron chi connectivity index (χ4n) is 4.34. The first-order chi connectivity index (χ1) is 17.5. The number of fused-ring (bicyclic) bond motifs is 2. The highest BCUT2D eigenvalue weighted by Crippen LogP contribution is 2.46. The van der Waals surface area contributed by atoms with Gasteiger partial charge in [0.15, 0.2) is 16.6 Å². The number of thiazole rings is 1. The lowest BCUT2D eigenvalue weighted by Crippen LogP contribution is -2.28. The van der Waals surface area contributed by atoms with Crippen molar-refractivity contribution in [1.82, 2.24) is 4.98 Å². The Balaban J connectivity index is 1.48. The highest BCUT2D eigenvalue weighted by molar-refractivity contribution is 7.22. The van der Waals surface area contributed by atoms with E-state index in [-0.39, 0.29) is 11.3 Å². The standard InChI is InChI=1S/C26H20N2O6S2/c1-2-32-15-6-7-16-20(13-15)36-26(27-16)28-22(19-4-3-11-35-19)21(24(30)25(28)31)23(29)14-5-8-17-18(12-14)34-10-9-33-17/h3-8,11-13,22,29H,2,9-10H2,1H3/t22-/m0/s1. The Kier molecular flexibility index (Phi) is 5.62. The molecule has 1 saturated heterocycles. The van der Waals surface area contributed by atoms with Crippen LogP contribution in [0.5, 0.6) is 17.2 Å². The van der Waals surface area contributed by atoms with E-state index in [4.69, 9.17) is 14.2 Å². The first-order valence-corrected chi connectivity index (χ1v) is 13.0. The average Bonchev–Trinajstić information content (AvgIpc) is 3.62. The van der Waals surface area contributed by atoms with E-state index in [1.165, 1.54) is 27.6 Å². The molecule has 1 amide bonds. The van der Waals surface area contributed by atoms with Gasteiger partial charge < -0.3 is 19.3 Å². The van der Waals surface area contributed by atoms with Crippen molar-refractivity contribution in [3.05, 3.63) is 69.9 Å².